The van der Waals surface area contributed by atoms with Crippen LogP contribution in [0.3, 0.4) is 0 Å². The van der Waals surface area contributed by atoms with Gasteiger partial charge in [0, 0.05) is 22.7 Å². The van der Waals surface area contributed by atoms with Crippen molar-refractivity contribution in [2.45, 2.75) is 10.7 Å². The number of imide groups is 2. The van der Waals surface area contributed by atoms with Crippen molar-refractivity contribution in [3.05, 3.63) is 182 Å². The van der Waals surface area contributed by atoms with Crippen molar-refractivity contribution in [1.82, 2.24) is 9.80 Å². The van der Waals surface area contributed by atoms with Gasteiger partial charge in [0.2, 0.25) is 0 Å². The number of urea groups is 6. The molecule has 64 heavy (non-hydrogen) atoms. The minimum absolute atomic E-state index is 0.171. The lowest BCUT2D eigenvalue weighted by molar-refractivity contribution is 0.205. The second-order valence-electron chi connectivity index (χ2n) is 13.7. The molecule has 8 rings (SSSR count). The molecule has 0 bridgehead atoms. The largest absolute Gasteiger partial charge is 0.347 e. The molecular formula is C46H36N10O6S2. The van der Waals surface area contributed by atoms with Gasteiger partial charge in [-0.1, -0.05) is 131 Å². The van der Waals surface area contributed by atoms with E-state index in [1.54, 1.807) is 182 Å². The number of benzene rings is 6. The normalized spacial score (nSPS) is 17.1. The highest BCUT2D eigenvalue weighted by atomic mass is 33.1. The summed E-state index contributed by atoms with van der Waals surface area (Å²) in [5.41, 5.74) is 2.17. The van der Waals surface area contributed by atoms with Gasteiger partial charge in [-0.2, -0.15) is 9.98 Å². The van der Waals surface area contributed by atoms with Crippen molar-refractivity contribution in [1.29, 1.82) is 0 Å². The van der Waals surface area contributed by atoms with E-state index in [1.165, 1.54) is 0 Å². The molecule has 0 radical (unpaired) electrons. The minimum Gasteiger partial charge on any atom is -0.307 e. The number of para-hydroxylation sites is 6. The Labute approximate surface area is 374 Å². The van der Waals surface area contributed by atoms with Gasteiger partial charge in [0.15, 0.2) is 22.4 Å². The molecule has 2 aliphatic rings. The Morgan fingerprint density at radius 3 is 0.953 bits per heavy atom. The fraction of sp³-hybridized carbons (Fsp3) is 0.0435. The molecule has 318 valence electrons. The van der Waals surface area contributed by atoms with Crippen LogP contribution < -0.4 is 31.1 Å². The number of anilines is 6. The van der Waals surface area contributed by atoms with Gasteiger partial charge in [0.1, 0.15) is 0 Å². The highest BCUT2D eigenvalue weighted by Gasteiger charge is 2.53. The van der Waals surface area contributed by atoms with Crippen molar-refractivity contribution >= 4 is 104 Å². The molecule has 2 saturated heterocycles. The molecule has 0 saturated carbocycles. The van der Waals surface area contributed by atoms with Gasteiger partial charge in [0.05, 0.1) is 11.4 Å². The summed E-state index contributed by atoms with van der Waals surface area (Å²) in [4.78, 5) is 98.5. The SMILES string of the molecule is O=C(/N=C1/C(SSC2/C(=N/C(=O)Nc3ccccc3)N(c3ccccc3)C(=O)N2C(=O)Nc2ccccc2)N(C(=O)Nc2ccccc2)C(=O)N1c1ccccc1)Nc1ccccc1. The van der Waals surface area contributed by atoms with Crippen LogP contribution in [0.4, 0.5) is 62.9 Å². The number of nitrogens with one attached hydrogen (secondary N) is 4. The number of carbonyl (C=O) groups is 6. The summed E-state index contributed by atoms with van der Waals surface area (Å²) < 4.78 is 0. The van der Waals surface area contributed by atoms with Crippen LogP contribution in [-0.4, -0.2) is 68.4 Å². The van der Waals surface area contributed by atoms with E-state index in [0.717, 1.165) is 41.2 Å². The predicted molar refractivity (Wildman–Crippen MR) is 252 cm³/mol. The number of rotatable bonds is 9. The Balaban J connectivity index is 1.23. The molecule has 4 N–H and O–H groups in total. The van der Waals surface area contributed by atoms with Crippen LogP contribution >= 0.6 is 21.6 Å². The molecule has 2 aliphatic heterocycles. The number of nitrogens with zero attached hydrogens (tertiary/aromatic N) is 6. The summed E-state index contributed by atoms with van der Waals surface area (Å²) >= 11 is 0. The Hall–Kier alpha value is -8.22. The maximum Gasteiger partial charge on any atom is 0.347 e. The molecule has 18 heteroatoms. The molecular weight excluding hydrogens is 853 g/mol. The molecule has 0 aromatic heterocycles. The van der Waals surface area contributed by atoms with Crippen molar-refractivity contribution < 1.29 is 28.8 Å². The molecule has 0 aliphatic carbocycles. The standard InChI is InChI=1S/C46H36N10O6S2/c57-41(47-31-19-7-1-8-20-31)51-37-39(55(43(59)49-33-23-11-3-12-24-33)45(61)53(37)35-27-15-5-16-28-35)63-64-40-38(52-42(58)48-32-21-9-2-10-22-32)54(36-29-17-6-18-30-36)46(62)56(40)44(60)50-34-25-13-4-14-26-34/h1-30,39-40H,(H,47,57)(H,48,58)(H,49,59)(H,50,60)/b51-37-,52-38-. The van der Waals surface area contributed by atoms with E-state index in [-0.39, 0.29) is 11.7 Å². The van der Waals surface area contributed by atoms with E-state index in [2.05, 4.69) is 31.3 Å². The fourth-order valence-corrected chi connectivity index (χ4v) is 9.45. The maximum absolute atomic E-state index is 14.7. The highest BCUT2D eigenvalue weighted by molar-refractivity contribution is 8.77. The average molecular weight is 889 g/mol. The number of hydrogen-bond acceptors (Lipinski definition) is 8. The third-order valence-corrected chi connectivity index (χ3v) is 12.1. The van der Waals surface area contributed by atoms with Gasteiger partial charge in [-0.15, -0.1) is 0 Å². The maximum atomic E-state index is 14.7. The first-order valence-electron chi connectivity index (χ1n) is 19.6. The third kappa shape index (κ3) is 9.62. The van der Waals surface area contributed by atoms with E-state index in [0.29, 0.717) is 34.1 Å². The van der Waals surface area contributed by atoms with Crippen LogP contribution in [0.15, 0.2) is 192 Å². The van der Waals surface area contributed by atoms with Crippen molar-refractivity contribution in [2.24, 2.45) is 9.98 Å². The van der Waals surface area contributed by atoms with Gasteiger partial charge in [-0.3, -0.25) is 0 Å². The van der Waals surface area contributed by atoms with Gasteiger partial charge in [-0.25, -0.2) is 48.4 Å². The molecule has 6 aromatic rings. The van der Waals surface area contributed by atoms with Crippen molar-refractivity contribution in [3.8, 4) is 0 Å². The number of aliphatic imine (C=N–C) groups is 2. The quantitative estimate of drug-likeness (QED) is 0.103. The molecule has 2 fully saturated rings. The lowest BCUT2D eigenvalue weighted by atomic mass is 10.3. The zero-order chi connectivity index (χ0) is 44.4. The number of carbonyl (C=O) groups excluding carboxylic acids is 6. The monoisotopic (exact) mass is 888 g/mol. The first-order valence-corrected chi connectivity index (χ1v) is 21.8. The summed E-state index contributed by atoms with van der Waals surface area (Å²) in [6, 6.07) is 45.6. The summed E-state index contributed by atoms with van der Waals surface area (Å²) in [5, 5.41) is 8.12. The zero-order valence-electron chi connectivity index (χ0n) is 33.4. The molecule has 16 nitrogen and oxygen atoms in total. The van der Waals surface area contributed by atoms with E-state index in [9.17, 15) is 28.8 Å². The first-order chi connectivity index (χ1) is 31.2. The summed E-state index contributed by atoms with van der Waals surface area (Å²) in [7, 11) is 1.69. The molecule has 0 spiro atoms. The van der Waals surface area contributed by atoms with Gasteiger partial charge < -0.3 is 21.3 Å². The van der Waals surface area contributed by atoms with Crippen LogP contribution in [0.25, 0.3) is 0 Å². The minimum atomic E-state index is -1.40. The van der Waals surface area contributed by atoms with Crippen LogP contribution in [0.1, 0.15) is 0 Å². The van der Waals surface area contributed by atoms with Crippen LogP contribution in [-0.2, 0) is 0 Å². The third-order valence-electron chi connectivity index (χ3n) is 9.40. The highest BCUT2D eigenvalue weighted by Crippen LogP contribution is 2.44. The molecule has 2 heterocycles. The van der Waals surface area contributed by atoms with Crippen molar-refractivity contribution in [2.75, 3.05) is 31.1 Å². The predicted octanol–water partition coefficient (Wildman–Crippen LogP) is 10.6. The second-order valence-corrected chi connectivity index (χ2v) is 16.1. The molecule has 12 amide bonds. The van der Waals surface area contributed by atoms with Crippen LogP contribution in [0, 0.1) is 0 Å². The lowest BCUT2D eigenvalue weighted by Gasteiger charge is -2.24. The number of hydrogen-bond donors (Lipinski definition) is 4. The molecule has 2 atom stereocenters. The Kier molecular flexibility index (Phi) is 13.0. The van der Waals surface area contributed by atoms with E-state index >= 15 is 0 Å². The molecule has 6 aromatic carbocycles. The van der Waals surface area contributed by atoms with Crippen molar-refractivity contribution in [3.63, 3.8) is 0 Å². The zero-order valence-corrected chi connectivity index (χ0v) is 35.1. The van der Waals surface area contributed by atoms with Crippen LogP contribution in [0.5, 0.6) is 0 Å². The Morgan fingerprint density at radius 1 is 0.391 bits per heavy atom. The first kappa shape index (κ1) is 42.5. The second kappa shape index (κ2) is 19.7. The summed E-state index contributed by atoms with van der Waals surface area (Å²) in [6.07, 6.45) is 0. The van der Waals surface area contributed by atoms with E-state index in [4.69, 9.17) is 0 Å². The topological polar surface area (TPSA) is 188 Å². The average Bonchev–Trinajstić information content (AvgIpc) is 3.74. The fourth-order valence-electron chi connectivity index (χ4n) is 6.54. The lowest BCUT2D eigenvalue weighted by Crippen LogP contribution is -2.43. The smallest absolute Gasteiger partial charge is 0.307 e. The van der Waals surface area contributed by atoms with E-state index < -0.39 is 46.9 Å². The van der Waals surface area contributed by atoms with Gasteiger partial charge in [-0.05, 0) is 72.8 Å². The Bertz CT molecular complexity index is 2530. The van der Waals surface area contributed by atoms with Crippen LogP contribution in [0.2, 0.25) is 0 Å². The Morgan fingerprint density at radius 2 is 0.656 bits per heavy atom. The molecule has 2 unspecified atom stereocenters. The summed E-state index contributed by atoms with van der Waals surface area (Å²) in [6.45, 7) is 0. The number of amides is 12. The number of amidine groups is 2. The van der Waals surface area contributed by atoms with Gasteiger partial charge in [0.25, 0.3) is 0 Å². The summed E-state index contributed by atoms with van der Waals surface area (Å²) in [5.74, 6) is -0.342. The van der Waals surface area contributed by atoms with Gasteiger partial charge >= 0.3 is 36.2 Å². The van der Waals surface area contributed by atoms with E-state index in [1.807, 2.05) is 0 Å².